The van der Waals surface area contributed by atoms with E-state index in [2.05, 4.69) is 15.6 Å². The summed E-state index contributed by atoms with van der Waals surface area (Å²) in [4.78, 5) is 17.0. The molecular weight excluding hydrogens is 600 g/mol. The minimum atomic E-state index is -0.439. The van der Waals surface area contributed by atoms with Crippen molar-refractivity contribution >= 4 is 92.5 Å². The molecule has 0 aliphatic heterocycles. The fourth-order valence-electron chi connectivity index (χ4n) is 3.72. The number of carbonyl (C=O) groups excluding carboxylic acids is 1. The molecule has 2 aromatic heterocycles. The fraction of sp³-hybridized carbons (Fsp3) is 0.0357. The van der Waals surface area contributed by atoms with Crippen molar-refractivity contribution < 1.29 is 13.6 Å². The number of anilines is 1. The molecule has 0 unspecified atom stereocenters. The number of aromatic nitrogens is 1. The van der Waals surface area contributed by atoms with Crippen LogP contribution in [0.25, 0.3) is 40.0 Å². The Labute approximate surface area is 248 Å². The normalized spacial score (nSPS) is 11.3. The van der Waals surface area contributed by atoms with Crippen molar-refractivity contribution in [1.82, 2.24) is 10.3 Å². The maximum atomic E-state index is 12.5. The van der Waals surface area contributed by atoms with Gasteiger partial charge in [-0.15, -0.1) is 0 Å². The molecule has 0 aliphatic carbocycles. The molecule has 0 atom stereocenters. The molecule has 0 fully saturated rings. The van der Waals surface area contributed by atoms with Crippen LogP contribution in [0.3, 0.4) is 0 Å². The second-order valence-electron chi connectivity index (χ2n) is 8.36. The first-order chi connectivity index (χ1) is 18.7. The summed E-state index contributed by atoms with van der Waals surface area (Å²) in [7, 11) is 0. The van der Waals surface area contributed by atoms with Gasteiger partial charge in [0, 0.05) is 27.9 Å². The summed E-state index contributed by atoms with van der Waals surface area (Å²) in [6.45, 7) is 1.90. The highest BCUT2D eigenvalue weighted by Gasteiger charge is 2.14. The Morgan fingerprint density at radius 2 is 1.79 bits per heavy atom. The van der Waals surface area contributed by atoms with E-state index in [0.717, 1.165) is 5.56 Å². The van der Waals surface area contributed by atoms with Crippen molar-refractivity contribution in [3.8, 4) is 22.8 Å². The highest BCUT2D eigenvalue weighted by molar-refractivity contribution is 7.80. The lowest BCUT2D eigenvalue weighted by Gasteiger charge is -2.11. The number of furan rings is 1. The number of halogens is 4. The fourth-order valence-corrected chi connectivity index (χ4v) is 4.84. The molecular formula is C28H17Cl4N3O3S. The second kappa shape index (κ2) is 11.4. The number of aryl methyl sites for hydroxylation is 1. The summed E-state index contributed by atoms with van der Waals surface area (Å²) in [5.41, 5.74) is 3.90. The number of thiocarbonyl (C=S) groups is 1. The van der Waals surface area contributed by atoms with E-state index >= 15 is 0 Å². The monoisotopic (exact) mass is 615 g/mol. The van der Waals surface area contributed by atoms with Gasteiger partial charge in [0.15, 0.2) is 10.7 Å². The van der Waals surface area contributed by atoms with Crippen LogP contribution in [0, 0.1) is 6.92 Å². The smallest absolute Gasteiger partial charge is 0.250 e. The molecule has 2 N–H and O–H groups in total. The Morgan fingerprint density at radius 1 is 0.974 bits per heavy atom. The molecule has 3 aromatic carbocycles. The van der Waals surface area contributed by atoms with Gasteiger partial charge in [0.1, 0.15) is 17.0 Å². The molecule has 0 saturated heterocycles. The van der Waals surface area contributed by atoms with E-state index in [4.69, 9.17) is 67.5 Å². The molecule has 6 nitrogen and oxygen atoms in total. The van der Waals surface area contributed by atoms with Gasteiger partial charge in [-0.05, 0) is 79.3 Å². The van der Waals surface area contributed by atoms with E-state index < -0.39 is 5.91 Å². The third-order valence-corrected chi connectivity index (χ3v) is 7.14. The van der Waals surface area contributed by atoms with E-state index in [1.165, 1.54) is 12.2 Å². The van der Waals surface area contributed by atoms with Gasteiger partial charge >= 0.3 is 0 Å². The lowest BCUT2D eigenvalue weighted by Crippen LogP contribution is -2.33. The number of hydrogen-bond donors (Lipinski definition) is 2. The Hall–Kier alpha value is -3.33. The van der Waals surface area contributed by atoms with Crippen molar-refractivity contribution in [2.45, 2.75) is 6.92 Å². The average molecular weight is 617 g/mol. The van der Waals surface area contributed by atoms with Crippen molar-refractivity contribution in [3.05, 3.63) is 98.2 Å². The van der Waals surface area contributed by atoms with Crippen molar-refractivity contribution in [1.29, 1.82) is 0 Å². The van der Waals surface area contributed by atoms with E-state index in [1.54, 1.807) is 42.5 Å². The van der Waals surface area contributed by atoms with Gasteiger partial charge in [-0.1, -0.05) is 58.5 Å². The van der Waals surface area contributed by atoms with Crippen molar-refractivity contribution in [2.24, 2.45) is 0 Å². The Kier molecular flexibility index (Phi) is 7.98. The third kappa shape index (κ3) is 6.13. The van der Waals surface area contributed by atoms with Crippen molar-refractivity contribution in [3.63, 3.8) is 0 Å². The van der Waals surface area contributed by atoms with Crippen LogP contribution in [0.2, 0.25) is 20.1 Å². The zero-order valence-corrected chi connectivity index (χ0v) is 23.9. The molecule has 2 heterocycles. The molecule has 196 valence electrons. The Balaban J connectivity index is 1.25. The lowest BCUT2D eigenvalue weighted by molar-refractivity contribution is -0.115. The molecule has 0 aliphatic rings. The number of amides is 1. The number of carbonyl (C=O) groups is 1. The number of oxazole rings is 1. The van der Waals surface area contributed by atoms with Gasteiger partial charge in [-0.2, -0.15) is 0 Å². The van der Waals surface area contributed by atoms with Gasteiger partial charge in [-0.3, -0.25) is 10.1 Å². The highest BCUT2D eigenvalue weighted by atomic mass is 35.5. The van der Waals surface area contributed by atoms with Crippen molar-refractivity contribution in [2.75, 3.05) is 5.32 Å². The molecule has 1 amide bonds. The summed E-state index contributed by atoms with van der Waals surface area (Å²) in [5.74, 6) is 0.912. The Bertz CT molecular complexity index is 1780. The number of fused-ring (bicyclic) bond motifs is 1. The third-order valence-electron chi connectivity index (χ3n) is 5.62. The maximum Gasteiger partial charge on any atom is 0.250 e. The van der Waals surface area contributed by atoms with Crippen LogP contribution in [0.15, 0.2) is 75.6 Å². The van der Waals surface area contributed by atoms with Crippen LogP contribution < -0.4 is 10.6 Å². The quantitative estimate of drug-likeness (QED) is 0.151. The molecule has 11 heteroatoms. The van der Waals surface area contributed by atoms with Gasteiger partial charge in [0.25, 0.3) is 0 Å². The highest BCUT2D eigenvalue weighted by Crippen LogP contribution is 2.35. The van der Waals surface area contributed by atoms with Crippen LogP contribution in [-0.4, -0.2) is 16.0 Å². The zero-order valence-electron chi connectivity index (χ0n) is 20.0. The first kappa shape index (κ1) is 27.2. The van der Waals surface area contributed by atoms with Gasteiger partial charge < -0.3 is 14.2 Å². The summed E-state index contributed by atoms with van der Waals surface area (Å²) in [6, 6.07) is 17.6. The average Bonchev–Trinajstić information content (AvgIpc) is 3.53. The van der Waals surface area contributed by atoms with Gasteiger partial charge in [0.2, 0.25) is 11.8 Å². The summed E-state index contributed by atoms with van der Waals surface area (Å²) in [5, 5.41) is 7.42. The van der Waals surface area contributed by atoms with E-state index in [0.29, 0.717) is 65.4 Å². The minimum absolute atomic E-state index is 0.114. The van der Waals surface area contributed by atoms with E-state index in [-0.39, 0.29) is 5.11 Å². The lowest BCUT2D eigenvalue weighted by atomic mass is 10.1. The number of nitrogens with one attached hydrogen (secondary N) is 2. The van der Waals surface area contributed by atoms with Gasteiger partial charge in [-0.25, -0.2) is 4.98 Å². The van der Waals surface area contributed by atoms with Crippen LogP contribution in [0.4, 0.5) is 5.69 Å². The number of nitrogens with zero attached hydrogens (tertiary/aromatic N) is 1. The molecule has 0 radical (unpaired) electrons. The van der Waals surface area contributed by atoms with Gasteiger partial charge in [0.05, 0.1) is 15.1 Å². The van der Waals surface area contributed by atoms with Crippen LogP contribution in [0.1, 0.15) is 11.3 Å². The predicted octanol–water partition coefficient (Wildman–Crippen LogP) is 9.20. The SMILES string of the molecule is Cc1ccc(-c2nc3cc(Cl)cc(Cl)c3o2)cc1NC(=S)NC(=O)C=Cc1ccc(-c2cccc(Cl)c2Cl)o1. The van der Waals surface area contributed by atoms with Crippen LogP contribution in [-0.2, 0) is 4.79 Å². The molecule has 39 heavy (non-hydrogen) atoms. The topological polar surface area (TPSA) is 80.3 Å². The van der Waals surface area contributed by atoms with Crippen LogP contribution in [0.5, 0.6) is 0 Å². The molecule has 0 spiro atoms. The predicted molar refractivity (Wildman–Crippen MR) is 162 cm³/mol. The largest absolute Gasteiger partial charge is 0.457 e. The number of rotatable bonds is 5. The molecule has 5 rings (SSSR count). The summed E-state index contributed by atoms with van der Waals surface area (Å²) >= 11 is 30.0. The molecule has 0 saturated carbocycles. The second-order valence-corrected chi connectivity index (χ2v) is 10.4. The zero-order chi connectivity index (χ0) is 27.7. The molecule has 5 aromatic rings. The summed E-state index contributed by atoms with van der Waals surface area (Å²) < 4.78 is 11.6. The molecule has 0 bridgehead atoms. The number of hydrogen-bond acceptors (Lipinski definition) is 5. The standard InChI is InChI=1S/C28H17Cl4N3O3S/c1-14-5-6-15(27-33-22-13-16(29)12-20(31)26(22)38-27)11-21(14)34-28(39)35-24(36)10-8-17-7-9-23(37-17)18-3-2-4-19(30)25(18)32/h2-13H,1H3,(H2,34,35,36,39). The van der Waals surface area contributed by atoms with E-state index in [9.17, 15) is 4.79 Å². The Morgan fingerprint density at radius 3 is 2.62 bits per heavy atom. The summed E-state index contributed by atoms with van der Waals surface area (Å²) in [6.07, 6.45) is 2.84. The van der Waals surface area contributed by atoms with E-state index in [1.807, 2.05) is 25.1 Å². The first-order valence-electron chi connectivity index (χ1n) is 11.4. The maximum absolute atomic E-state index is 12.5. The van der Waals surface area contributed by atoms with Crippen LogP contribution >= 0.6 is 58.6 Å². The first-order valence-corrected chi connectivity index (χ1v) is 13.3. The number of benzene rings is 3. The minimum Gasteiger partial charge on any atom is -0.457 e.